The van der Waals surface area contributed by atoms with Gasteiger partial charge in [-0.15, -0.1) is 0 Å². The normalized spacial score (nSPS) is 14.0. The molecule has 0 saturated carbocycles. The van der Waals surface area contributed by atoms with Crippen LogP contribution < -0.4 is 53.6 Å². The summed E-state index contributed by atoms with van der Waals surface area (Å²) in [6.45, 7) is 19.0. The smallest absolute Gasteiger partial charge is 0.408 e. The molecule has 3 aromatic carbocycles. The second-order valence-electron chi connectivity index (χ2n) is 27.1. The number of nitrogens with zero attached hydrogens (tertiary/aromatic N) is 3. The highest BCUT2D eigenvalue weighted by Crippen LogP contribution is 2.19. The Hall–Kier alpha value is -9.65. The Morgan fingerprint density at radius 1 is 0.485 bits per heavy atom. The number of amides is 13. The number of nitrogens with two attached hydrogens (primary N) is 1. The largest absolute Gasteiger partial charge is 0.444 e. The molecule has 0 saturated heterocycles. The summed E-state index contributed by atoms with van der Waals surface area (Å²) in [6, 6.07) is 13.9. The standard InChI is InChI=1S/C70H103N13O17S/c1-41(2)32-52(82(15)56(86)38-73-63(92)53(34-47-28-22-18-23-29-47)83(16)66(95)44(6)75-55(85)37-74-68(97)99-70(11,12)13)64(93)76-43(5)59(88)80-58(42(3)4)65(94)77-49(33-46-26-20-17-21-27-46)62(91)78-50(35-57(87)100-101-40-48-30-24-19-25-31-48)67(96)81(14)45(7)60(89)79-51(39-98-69(8,9)10)61(90)72-36-54(71)84/h17-31,41-45,49-53,58H,32-40H2,1-16H3,(H2,71,84)(H,72,90)(H,73,92)(H,74,97)(H,75,85)(H,76,93)(H,77,94)(H,78,91)(H,79,89)(H,80,88)/t43-,44-,45-,49-,50-,51-,52-,53-,58-/m0/s1. The van der Waals surface area contributed by atoms with Crippen LogP contribution in [-0.2, 0) is 94.6 Å². The highest BCUT2D eigenvalue weighted by molar-refractivity contribution is 7.94. The molecule has 0 aliphatic rings. The lowest BCUT2D eigenvalue weighted by molar-refractivity contribution is -0.145. The molecule has 0 spiro atoms. The molecule has 0 heterocycles. The molecule has 3 rings (SSSR count). The number of primary amides is 1. The Morgan fingerprint density at radius 2 is 1.02 bits per heavy atom. The monoisotopic (exact) mass is 1430 g/mol. The van der Waals surface area contributed by atoms with Gasteiger partial charge >= 0.3 is 12.1 Å². The zero-order chi connectivity index (χ0) is 76.1. The Morgan fingerprint density at radius 3 is 1.55 bits per heavy atom. The van der Waals surface area contributed by atoms with Gasteiger partial charge in [-0.25, -0.2) is 4.79 Å². The lowest BCUT2D eigenvalue weighted by atomic mass is 10.00. The van der Waals surface area contributed by atoms with Gasteiger partial charge in [-0.3, -0.25) is 62.3 Å². The predicted octanol–water partition coefficient (Wildman–Crippen LogP) is 1.46. The van der Waals surface area contributed by atoms with Crippen LogP contribution in [0.1, 0.15) is 120 Å². The minimum absolute atomic E-state index is 0.00722. The lowest BCUT2D eigenvalue weighted by Gasteiger charge is -2.32. The summed E-state index contributed by atoms with van der Waals surface area (Å²) in [6.07, 6.45) is -1.73. The van der Waals surface area contributed by atoms with Crippen molar-refractivity contribution in [1.82, 2.24) is 62.6 Å². The first kappa shape index (κ1) is 85.6. The number of carbonyl (C=O) groups excluding carboxylic acids is 14. The van der Waals surface area contributed by atoms with Crippen LogP contribution in [0, 0.1) is 11.8 Å². The Labute approximate surface area is 595 Å². The molecule has 0 bridgehead atoms. The summed E-state index contributed by atoms with van der Waals surface area (Å²) in [5.41, 5.74) is 5.64. The van der Waals surface area contributed by atoms with Crippen LogP contribution in [0.5, 0.6) is 0 Å². The summed E-state index contributed by atoms with van der Waals surface area (Å²) in [7, 11) is 3.94. The molecule has 0 radical (unpaired) electrons. The van der Waals surface area contributed by atoms with Crippen molar-refractivity contribution in [3.05, 3.63) is 108 Å². The Kier molecular flexibility index (Phi) is 34.9. The number of rotatable bonds is 38. The van der Waals surface area contributed by atoms with E-state index in [9.17, 15) is 67.1 Å². The molecule has 3 aromatic rings. The van der Waals surface area contributed by atoms with E-state index >= 15 is 0 Å². The third-order valence-corrected chi connectivity index (χ3v) is 16.1. The number of likely N-dealkylation sites (N-methyl/N-ethyl adjacent to an activating group) is 3. The lowest BCUT2D eigenvalue weighted by Crippen LogP contribution is -2.61. The maximum absolute atomic E-state index is 14.8. The van der Waals surface area contributed by atoms with E-state index < -0.39 is 181 Å². The number of alkyl carbamates (subject to hydrolysis) is 1. The van der Waals surface area contributed by atoms with Crippen molar-refractivity contribution in [3.8, 4) is 0 Å². The van der Waals surface area contributed by atoms with Gasteiger partial charge in [-0.1, -0.05) is 119 Å². The van der Waals surface area contributed by atoms with E-state index in [4.69, 9.17) is 19.4 Å². The fourth-order valence-corrected chi connectivity index (χ4v) is 10.2. The second kappa shape index (κ2) is 41.2. The van der Waals surface area contributed by atoms with Gasteiger partial charge in [0, 0.05) is 34.0 Å². The first-order valence-electron chi connectivity index (χ1n) is 33.2. The molecule has 0 fully saturated rings. The van der Waals surface area contributed by atoms with Crippen molar-refractivity contribution in [2.75, 3.05) is 47.4 Å². The zero-order valence-corrected chi connectivity index (χ0v) is 61.5. The second-order valence-corrected chi connectivity index (χ2v) is 27.8. The van der Waals surface area contributed by atoms with E-state index in [-0.39, 0.29) is 37.5 Å². The summed E-state index contributed by atoms with van der Waals surface area (Å²) >= 11 is 0.776. The van der Waals surface area contributed by atoms with Gasteiger partial charge in [-0.2, -0.15) is 0 Å². The summed E-state index contributed by atoms with van der Waals surface area (Å²) in [4.78, 5) is 195. The number of benzene rings is 3. The van der Waals surface area contributed by atoms with E-state index in [2.05, 4.69) is 47.9 Å². The topological polar surface area (TPSA) is 411 Å². The van der Waals surface area contributed by atoms with Crippen LogP contribution >= 0.6 is 12.0 Å². The van der Waals surface area contributed by atoms with Crippen LogP contribution in [-0.4, -0.2) is 211 Å². The van der Waals surface area contributed by atoms with Crippen LogP contribution in [0.3, 0.4) is 0 Å². The van der Waals surface area contributed by atoms with Gasteiger partial charge in [0.25, 0.3) is 0 Å². The van der Waals surface area contributed by atoms with Crippen molar-refractivity contribution in [1.29, 1.82) is 0 Å². The fourth-order valence-electron chi connectivity index (χ4n) is 9.63. The molecule has 0 aliphatic heterocycles. The molecule has 11 N–H and O–H groups in total. The van der Waals surface area contributed by atoms with Crippen LogP contribution in [0.15, 0.2) is 91.0 Å². The maximum Gasteiger partial charge on any atom is 0.408 e. The molecule has 31 heteroatoms. The molecule has 30 nitrogen and oxygen atoms in total. The first-order chi connectivity index (χ1) is 47.2. The summed E-state index contributed by atoms with van der Waals surface area (Å²) in [5.74, 6) is -11.4. The van der Waals surface area contributed by atoms with Gasteiger partial charge in [0.2, 0.25) is 70.9 Å². The summed E-state index contributed by atoms with van der Waals surface area (Å²) in [5, 5.41) is 22.9. The van der Waals surface area contributed by atoms with E-state index in [1.807, 2.05) is 6.07 Å². The SMILES string of the molecule is CC(C)C[C@@H](C(=O)N[C@@H](C)C(=O)N[C@H](C(=O)N[C@@H](Cc1ccccc1)C(=O)N[C@@H](CC(=O)OSCc1ccccc1)C(=O)N(C)[C@@H](C)C(=O)N[C@@H](COC(C)(C)C)C(=O)NCC(N)=O)C(C)C)N(C)C(=O)CNC(=O)[C@H](Cc1ccccc1)N(C)C(=O)[C@H](C)NC(=O)CNC(=O)OC(C)(C)C. The van der Waals surface area contributed by atoms with Crippen molar-refractivity contribution in [3.63, 3.8) is 0 Å². The average Bonchev–Trinajstić information content (AvgIpc) is 0.849. The van der Waals surface area contributed by atoms with Crippen LogP contribution in [0.2, 0.25) is 0 Å². The van der Waals surface area contributed by atoms with E-state index in [1.54, 1.807) is 154 Å². The number of hydrogen-bond acceptors (Lipinski definition) is 18. The average molecular weight is 1430 g/mol. The van der Waals surface area contributed by atoms with E-state index in [0.717, 1.165) is 32.3 Å². The van der Waals surface area contributed by atoms with Gasteiger partial charge < -0.3 is 81.9 Å². The zero-order valence-electron chi connectivity index (χ0n) is 60.6. The molecular weight excluding hydrogens is 1330 g/mol. The van der Waals surface area contributed by atoms with Crippen LogP contribution in [0.4, 0.5) is 4.79 Å². The van der Waals surface area contributed by atoms with Crippen molar-refractivity contribution in [2.45, 2.75) is 187 Å². The Balaban J connectivity index is 1.86. The number of carbonyl (C=O) groups is 14. The molecular formula is C70H103N13O17S. The van der Waals surface area contributed by atoms with E-state index in [1.165, 1.54) is 41.9 Å². The molecule has 556 valence electrons. The fraction of sp³-hybridized carbons (Fsp3) is 0.543. The number of ether oxygens (including phenoxy) is 2. The number of nitrogens with one attached hydrogen (secondary N) is 9. The highest BCUT2D eigenvalue weighted by Gasteiger charge is 2.39. The van der Waals surface area contributed by atoms with Crippen molar-refractivity contribution < 1.29 is 80.8 Å². The van der Waals surface area contributed by atoms with Crippen molar-refractivity contribution >= 4 is 95.0 Å². The minimum Gasteiger partial charge on any atom is -0.444 e. The van der Waals surface area contributed by atoms with Gasteiger partial charge in [-0.05, 0) is 97.3 Å². The molecule has 0 aromatic heterocycles. The molecule has 101 heavy (non-hydrogen) atoms. The maximum atomic E-state index is 14.8. The van der Waals surface area contributed by atoms with Crippen LogP contribution in [0.25, 0.3) is 0 Å². The predicted molar refractivity (Wildman–Crippen MR) is 376 cm³/mol. The molecule has 13 amide bonds. The third kappa shape index (κ3) is 31.2. The molecule has 0 aliphatic carbocycles. The van der Waals surface area contributed by atoms with Gasteiger partial charge in [0.1, 0.15) is 66.5 Å². The van der Waals surface area contributed by atoms with Gasteiger partial charge in [0.15, 0.2) is 0 Å². The highest BCUT2D eigenvalue weighted by atomic mass is 32.2. The molecule has 9 atom stereocenters. The quantitative estimate of drug-likeness (QED) is 0.0363. The minimum atomic E-state index is -1.75. The van der Waals surface area contributed by atoms with Gasteiger partial charge in [0.05, 0.1) is 49.5 Å². The molecule has 0 unspecified atom stereocenters. The summed E-state index contributed by atoms with van der Waals surface area (Å²) < 4.78 is 16.4. The Bertz CT molecular complexity index is 3320. The first-order valence-corrected chi connectivity index (χ1v) is 34.1. The van der Waals surface area contributed by atoms with Crippen molar-refractivity contribution in [2.24, 2.45) is 17.6 Å². The third-order valence-electron chi connectivity index (χ3n) is 15.4. The number of hydrogen-bond donors (Lipinski definition) is 10. The van der Waals surface area contributed by atoms with E-state index in [0.29, 0.717) is 11.1 Å².